The minimum atomic E-state index is 0. The van der Waals surface area contributed by atoms with Crippen molar-refractivity contribution in [2.75, 3.05) is 13.1 Å². The summed E-state index contributed by atoms with van der Waals surface area (Å²) >= 11 is 2.06. The van der Waals surface area contributed by atoms with Crippen LogP contribution in [0.2, 0.25) is 0 Å². The van der Waals surface area contributed by atoms with Crippen molar-refractivity contribution >= 4 is 17.3 Å². The average molecular weight is 612 g/mol. The third-order valence-electron chi connectivity index (χ3n) is 11.0. The summed E-state index contributed by atoms with van der Waals surface area (Å²) in [7, 11) is 0. The molecule has 0 N–H and O–H groups in total. The maximum absolute atomic E-state index is 2.75. The maximum atomic E-state index is 2.75. The van der Waals surface area contributed by atoms with Gasteiger partial charge >= 0.3 is 0 Å². The first-order valence-corrected chi connectivity index (χ1v) is 19.0. The fraction of sp³-hybridized carbons (Fsp3) is 0.756. The van der Waals surface area contributed by atoms with E-state index in [9.17, 15) is 0 Å². The summed E-state index contributed by atoms with van der Waals surface area (Å²) < 4.78 is 0. The van der Waals surface area contributed by atoms with Gasteiger partial charge in [0.15, 0.2) is 0 Å². The Bertz CT molecular complexity index is 1060. The van der Waals surface area contributed by atoms with Crippen molar-refractivity contribution in [3.05, 3.63) is 52.4 Å². The molecule has 248 valence electrons. The molecule has 1 aromatic carbocycles. The molecule has 1 nitrogen and oxygen atoms in total. The third-order valence-corrected chi connectivity index (χ3v) is 12.5. The SMILES string of the molecule is CC.CCCC(C)(C)C(CC)C1C=C1.CCCCN(CCC)C1(C)SC=C(c2ccc3c(c2)C(C)(C)CCC3(C)C)C1C.[HH]. The predicted molar refractivity (Wildman–Crippen MR) is 200 cm³/mol. The molecule has 2 aliphatic carbocycles. The minimum Gasteiger partial charge on any atom is -0.288 e. The van der Waals surface area contributed by atoms with E-state index in [2.05, 4.69) is 136 Å². The van der Waals surface area contributed by atoms with Crippen molar-refractivity contribution in [2.24, 2.45) is 23.2 Å². The lowest BCUT2D eigenvalue weighted by Gasteiger charge is -2.43. The largest absolute Gasteiger partial charge is 0.288 e. The zero-order valence-electron chi connectivity index (χ0n) is 31.1. The van der Waals surface area contributed by atoms with E-state index in [4.69, 9.17) is 0 Å². The van der Waals surface area contributed by atoms with Crippen LogP contribution in [-0.2, 0) is 10.8 Å². The number of hydrogen-bond acceptors (Lipinski definition) is 2. The minimum absolute atomic E-state index is 0. The molecule has 3 unspecified atom stereocenters. The molecule has 1 aliphatic heterocycles. The van der Waals surface area contributed by atoms with Gasteiger partial charge in [-0.1, -0.05) is 140 Å². The lowest BCUT2D eigenvalue weighted by atomic mass is 9.62. The van der Waals surface area contributed by atoms with Gasteiger partial charge in [-0.25, -0.2) is 0 Å². The van der Waals surface area contributed by atoms with E-state index in [-0.39, 0.29) is 11.7 Å². The van der Waals surface area contributed by atoms with Crippen LogP contribution in [0.15, 0.2) is 35.8 Å². The van der Waals surface area contributed by atoms with Crippen LogP contribution < -0.4 is 0 Å². The van der Waals surface area contributed by atoms with E-state index in [1.165, 1.54) is 75.6 Å². The highest BCUT2D eigenvalue weighted by Gasteiger charge is 2.44. The van der Waals surface area contributed by atoms with Crippen LogP contribution >= 0.6 is 11.8 Å². The quantitative estimate of drug-likeness (QED) is 0.216. The molecule has 0 amide bonds. The highest BCUT2D eigenvalue weighted by molar-refractivity contribution is 8.03. The van der Waals surface area contributed by atoms with E-state index >= 15 is 0 Å². The van der Waals surface area contributed by atoms with Gasteiger partial charge in [0.05, 0.1) is 4.87 Å². The van der Waals surface area contributed by atoms with E-state index in [1.807, 2.05) is 13.8 Å². The fourth-order valence-electron chi connectivity index (χ4n) is 7.79. The molecule has 3 aliphatic rings. The molecule has 43 heavy (non-hydrogen) atoms. The number of nitrogens with zero attached hydrogens (tertiary/aromatic N) is 1. The highest BCUT2D eigenvalue weighted by atomic mass is 32.2. The zero-order chi connectivity index (χ0) is 32.6. The number of unbranched alkanes of at least 4 members (excludes halogenated alkanes) is 1. The number of hydrogen-bond donors (Lipinski definition) is 0. The smallest absolute Gasteiger partial charge is 0.0749 e. The average Bonchev–Trinajstić information content (AvgIpc) is 3.75. The van der Waals surface area contributed by atoms with Crippen LogP contribution in [0.25, 0.3) is 5.57 Å². The van der Waals surface area contributed by atoms with E-state index in [1.54, 1.807) is 11.1 Å². The van der Waals surface area contributed by atoms with Crippen LogP contribution in [0, 0.1) is 23.2 Å². The standard InChI is InChI=1S/C27H43NS.C12H22.C2H6.H2/c1-9-11-17-28(16-10-2)27(8)20(3)22(19-29-27)21-12-13-23-24(18-21)26(6,7)15-14-25(23,4)5;1-5-9-12(3,4)11(6-2)10-7-8-10;1-2;/h12-13,18-20H,9-11,14-17H2,1-8H3;7-8,10-11H,5-6,9H2,1-4H3;1-2H3;1H. The molecule has 0 radical (unpaired) electrons. The number of fused-ring (bicyclic) bond motifs is 1. The molecule has 0 bridgehead atoms. The Balaban J connectivity index is 0.000000542. The second-order valence-corrected chi connectivity index (χ2v) is 16.8. The van der Waals surface area contributed by atoms with Gasteiger partial charge in [0.2, 0.25) is 0 Å². The number of benzene rings is 1. The van der Waals surface area contributed by atoms with Crippen molar-refractivity contribution in [3.8, 4) is 0 Å². The number of thioether (sulfide) groups is 1. The molecular formula is C41H73NS. The molecule has 0 fully saturated rings. The summed E-state index contributed by atoms with van der Waals surface area (Å²) in [5.41, 5.74) is 7.24. The van der Waals surface area contributed by atoms with Crippen molar-refractivity contribution in [2.45, 2.75) is 164 Å². The van der Waals surface area contributed by atoms with Crippen LogP contribution in [-0.4, -0.2) is 22.9 Å². The van der Waals surface area contributed by atoms with Crippen molar-refractivity contribution in [1.29, 1.82) is 0 Å². The summed E-state index contributed by atoms with van der Waals surface area (Å²) in [6.45, 7) is 35.1. The fourth-order valence-corrected chi connectivity index (χ4v) is 9.16. The molecule has 0 saturated carbocycles. The topological polar surface area (TPSA) is 3.24 Å². The van der Waals surface area contributed by atoms with Crippen molar-refractivity contribution in [3.63, 3.8) is 0 Å². The summed E-state index contributed by atoms with van der Waals surface area (Å²) in [5.74, 6) is 2.25. The Hall–Kier alpha value is -0.990. The number of allylic oxidation sites excluding steroid dienone is 2. The first kappa shape index (κ1) is 38.2. The highest BCUT2D eigenvalue weighted by Crippen LogP contribution is 2.53. The second kappa shape index (κ2) is 16.0. The van der Waals surface area contributed by atoms with Crippen LogP contribution in [0.5, 0.6) is 0 Å². The molecule has 3 atom stereocenters. The zero-order valence-corrected chi connectivity index (χ0v) is 31.9. The lowest BCUT2D eigenvalue weighted by molar-refractivity contribution is 0.154. The van der Waals surface area contributed by atoms with Gasteiger partial charge in [0, 0.05) is 7.34 Å². The van der Waals surface area contributed by atoms with Gasteiger partial charge in [0.25, 0.3) is 0 Å². The first-order chi connectivity index (χ1) is 20.2. The normalized spacial score (nSPS) is 24.3. The summed E-state index contributed by atoms with van der Waals surface area (Å²) in [5, 5.41) is 2.47. The van der Waals surface area contributed by atoms with Crippen LogP contribution in [0.1, 0.15) is 166 Å². The summed E-state index contributed by atoms with van der Waals surface area (Å²) in [6.07, 6.45) is 15.1. The van der Waals surface area contributed by atoms with Gasteiger partial charge in [-0.15, -0.1) is 11.8 Å². The molecule has 0 spiro atoms. The maximum Gasteiger partial charge on any atom is 0.0749 e. The molecule has 2 heteroatoms. The molecule has 1 heterocycles. The van der Waals surface area contributed by atoms with Gasteiger partial charge in [0.1, 0.15) is 0 Å². The summed E-state index contributed by atoms with van der Waals surface area (Å²) in [6, 6.07) is 7.40. The van der Waals surface area contributed by atoms with Crippen molar-refractivity contribution in [1.82, 2.24) is 4.90 Å². The third kappa shape index (κ3) is 9.06. The molecule has 4 rings (SSSR count). The molecule has 0 saturated heterocycles. The summed E-state index contributed by atoms with van der Waals surface area (Å²) in [4.78, 5) is 2.92. The van der Waals surface area contributed by atoms with E-state index < -0.39 is 0 Å². The van der Waals surface area contributed by atoms with Crippen molar-refractivity contribution < 1.29 is 1.43 Å². The van der Waals surface area contributed by atoms with Gasteiger partial charge in [-0.2, -0.15) is 0 Å². The van der Waals surface area contributed by atoms with Gasteiger partial charge < -0.3 is 0 Å². The Kier molecular flexibility index (Phi) is 14.2. The Morgan fingerprint density at radius 3 is 2.00 bits per heavy atom. The Labute approximate surface area is 275 Å². The number of rotatable bonds is 12. The van der Waals surface area contributed by atoms with Crippen LogP contribution in [0.3, 0.4) is 0 Å². The lowest BCUT2D eigenvalue weighted by Crippen LogP contribution is -2.47. The van der Waals surface area contributed by atoms with Gasteiger partial charge in [-0.05, 0) is 108 Å². The first-order valence-electron chi connectivity index (χ1n) is 18.1. The van der Waals surface area contributed by atoms with Crippen LogP contribution in [0.4, 0.5) is 0 Å². The Morgan fingerprint density at radius 2 is 1.49 bits per heavy atom. The van der Waals surface area contributed by atoms with Gasteiger partial charge in [-0.3, -0.25) is 4.90 Å². The monoisotopic (exact) mass is 612 g/mol. The molecular weight excluding hydrogens is 539 g/mol. The second-order valence-electron chi connectivity index (χ2n) is 15.6. The van der Waals surface area contributed by atoms with E-state index in [0.29, 0.717) is 16.7 Å². The molecule has 1 aromatic rings. The molecule has 0 aromatic heterocycles. The predicted octanol–water partition coefficient (Wildman–Crippen LogP) is 13.3. The Morgan fingerprint density at radius 1 is 0.884 bits per heavy atom. The van der Waals surface area contributed by atoms with E-state index in [0.717, 1.165) is 11.8 Å².